The lowest BCUT2D eigenvalue weighted by Crippen LogP contribution is -2.30. The molecule has 0 saturated carbocycles. The van der Waals surface area contributed by atoms with Crippen LogP contribution in [0.5, 0.6) is 0 Å². The van der Waals surface area contributed by atoms with Gasteiger partial charge in [-0.05, 0) is 50.7 Å². The number of thioether (sulfide) groups is 1. The second-order valence-corrected chi connectivity index (χ2v) is 7.68. The van der Waals surface area contributed by atoms with Crippen molar-refractivity contribution in [3.05, 3.63) is 51.6 Å². The van der Waals surface area contributed by atoms with Crippen molar-refractivity contribution in [3.8, 4) is 0 Å². The van der Waals surface area contributed by atoms with E-state index in [0.29, 0.717) is 18.0 Å². The Balaban J connectivity index is 1.75. The zero-order chi connectivity index (χ0) is 19.2. The van der Waals surface area contributed by atoms with Crippen LogP contribution in [0.4, 0.5) is 5.69 Å². The average Bonchev–Trinajstić information content (AvgIpc) is 2.67. The van der Waals surface area contributed by atoms with E-state index in [4.69, 9.17) is 5.11 Å². The number of hydrogen-bond acceptors (Lipinski definition) is 5. The Bertz CT molecular complexity index is 879. The van der Waals surface area contributed by atoms with Crippen LogP contribution in [0.15, 0.2) is 34.1 Å². The van der Waals surface area contributed by atoms with Gasteiger partial charge in [0.25, 0.3) is 0 Å². The third-order valence-corrected chi connectivity index (χ3v) is 5.77. The van der Waals surface area contributed by atoms with Gasteiger partial charge in [0.2, 0.25) is 5.91 Å². The van der Waals surface area contributed by atoms with Crippen molar-refractivity contribution in [2.24, 2.45) is 0 Å². The fraction of sp³-hybridized carbons (Fsp3) is 0.450. The summed E-state index contributed by atoms with van der Waals surface area (Å²) in [6, 6.07) is 7.65. The highest BCUT2D eigenvalue weighted by molar-refractivity contribution is 8.00. The molecular formula is C20H25N3O3S. The van der Waals surface area contributed by atoms with E-state index >= 15 is 0 Å². The zero-order valence-corrected chi connectivity index (χ0v) is 16.3. The molecule has 3 rings (SSSR count). The van der Waals surface area contributed by atoms with Gasteiger partial charge in [0, 0.05) is 30.1 Å². The minimum atomic E-state index is -0.286. The number of aromatic nitrogens is 2. The summed E-state index contributed by atoms with van der Waals surface area (Å²) >= 11 is 1.33. The number of para-hydroxylation sites is 1. The van der Waals surface area contributed by atoms with E-state index in [2.05, 4.69) is 10.3 Å². The smallest absolute Gasteiger partial charge is 0.348 e. The quantitative estimate of drug-likeness (QED) is 0.563. The predicted octanol–water partition coefficient (Wildman–Crippen LogP) is 2.54. The molecule has 0 radical (unpaired) electrons. The molecule has 1 aliphatic rings. The topological polar surface area (TPSA) is 84.2 Å². The fourth-order valence-corrected chi connectivity index (χ4v) is 4.24. The van der Waals surface area contributed by atoms with Crippen LogP contribution in [0.2, 0.25) is 0 Å². The molecule has 2 N–H and O–H groups in total. The van der Waals surface area contributed by atoms with E-state index in [9.17, 15) is 9.59 Å². The first-order chi connectivity index (χ1) is 13.1. The van der Waals surface area contributed by atoms with E-state index in [1.54, 1.807) is 4.57 Å². The van der Waals surface area contributed by atoms with E-state index in [-0.39, 0.29) is 24.0 Å². The molecule has 1 heterocycles. The molecule has 144 valence electrons. The predicted molar refractivity (Wildman–Crippen MR) is 107 cm³/mol. The van der Waals surface area contributed by atoms with Crippen LogP contribution in [0.3, 0.4) is 0 Å². The Morgan fingerprint density at radius 1 is 1.30 bits per heavy atom. The summed E-state index contributed by atoms with van der Waals surface area (Å²) < 4.78 is 1.70. The summed E-state index contributed by atoms with van der Waals surface area (Å²) in [5.74, 6) is 0.110. The van der Waals surface area contributed by atoms with Gasteiger partial charge in [-0.2, -0.15) is 4.98 Å². The summed E-state index contributed by atoms with van der Waals surface area (Å²) in [6.07, 6.45) is 4.38. The molecule has 27 heavy (non-hydrogen) atoms. The number of rotatable bonds is 7. The first-order valence-electron chi connectivity index (χ1n) is 9.32. The van der Waals surface area contributed by atoms with Crippen LogP contribution in [0, 0.1) is 6.92 Å². The van der Waals surface area contributed by atoms with Crippen LogP contribution >= 0.6 is 11.8 Å². The molecule has 1 aliphatic carbocycles. The van der Waals surface area contributed by atoms with Crippen LogP contribution < -0.4 is 11.0 Å². The minimum Gasteiger partial charge on any atom is -0.396 e. The van der Waals surface area contributed by atoms with Crippen LogP contribution in [-0.4, -0.2) is 32.9 Å². The second kappa shape index (κ2) is 9.19. The van der Waals surface area contributed by atoms with Crippen molar-refractivity contribution in [2.75, 3.05) is 17.7 Å². The van der Waals surface area contributed by atoms with Crippen molar-refractivity contribution < 1.29 is 9.90 Å². The van der Waals surface area contributed by atoms with Gasteiger partial charge in [-0.3, -0.25) is 9.36 Å². The molecule has 0 atom stereocenters. The monoisotopic (exact) mass is 387 g/mol. The first-order valence-corrected chi connectivity index (χ1v) is 10.3. The molecule has 0 bridgehead atoms. The van der Waals surface area contributed by atoms with Crippen molar-refractivity contribution in [2.45, 2.75) is 50.6 Å². The Labute approximate surface area is 163 Å². The number of aliphatic hydroxyl groups excluding tert-OH is 1. The largest absolute Gasteiger partial charge is 0.396 e. The number of hydrogen-bond donors (Lipinski definition) is 2. The Hall–Kier alpha value is -2.12. The van der Waals surface area contributed by atoms with Gasteiger partial charge in [-0.25, -0.2) is 4.79 Å². The van der Waals surface area contributed by atoms with Gasteiger partial charge < -0.3 is 10.4 Å². The summed E-state index contributed by atoms with van der Waals surface area (Å²) in [5.41, 5.74) is 3.64. The van der Waals surface area contributed by atoms with Gasteiger partial charge >= 0.3 is 5.69 Å². The highest BCUT2D eigenvalue weighted by atomic mass is 32.2. The molecule has 0 unspecified atom stereocenters. The van der Waals surface area contributed by atoms with Gasteiger partial charge in [0.15, 0.2) is 0 Å². The Kier molecular flexibility index (Phi) is 6.68. The van der Waals surface area contributed by atoms with E-state index in [0.717, 1.165) is 48.2 Å². The van der Waals surface area contributed by atoms with E-state index in [1.165, 1.54) is 11.8 Å². The summed E-state index contributed by atoms with van der Waals surface area (Å²) in [6.45, 7) is 2.49. The number of carbonyl (C=O) groups excluding carboxylic acids is 1. The highest BCUT2D eigenvalue weighted by Crippen LogP contribution is 2.28. The summed E-state index contributed by atoms with van der Waals surface area (Å²) in [4.78, 5) is 29.0. The molecule has 2 aromatic rings. The van der Waals surface area contributed by atoms with Gasteiger partial charge in [0.05, 0.1) is 5.75 Å². The van der Waals surface area contributed by atoms with Crippen molar-refractivity contribution in [1.82, 2.24) is 9.55 Å². The van der Waals surface area contributed by atoms with E-state index < -0.39 is 0 Å². The number of fused-ring (bicyclic) bond motifs is 1. The number of aliphatic hydroxyl groups is 1. The number of nitrogens with zero attached hydrogens (tertiary/aromatic N) is 2. The molecule has 7 heteroatoms. The highest BCUT2D eigenvalue weighted by Gasteiger charge is 2.21. The normalized spacial score (nSPS) is 13.3. The lowest BCUT2D eigenvalue weighted by molar-refractivity contribution is -0.113. The van der Waals surface area contributed by atoms with Crippen LogP contribution in [-0.2, 0) is 24.2 Å². The maximum absolute atomic E-state index is 12.5. The van der Waals surface area contributed by atoms with Crippen molar-refractivity contribution in [3.63, 3.8) is 0 Å². The number of carbonyl (C=O) groups is 1. The fourth-order valence-electron chi connectivity index (χ4n) is 3.36. The second-order valence-electron chi connectivity index (χ2n) is 6.71. The molecule has 0 saturated heterocycles. The molecule has 0 aliphatic heterocycles. The van der Waals surface area contributed by atoms with Crippen LogP contribution in [0.1, 0.15) is 36.1 Å². The molecular weight excluding hydrogens is 362 g/mol. The molecule has 0 fully saturated rings. The number of amides is 1. The third-order valence-electron chi connectivity index (χ3n) is 4.75. The maximum atomic E-state index is 12.5. The number of anilines is 1. The minimum absolute atomic E-state index is 0.0524. The van der Waals surface area contributed by atoms with Crippen LogP contribution in [0.25, 0.3) is 0 Å². The molecule has 1 aromatic heterocycles. The van der Waals surface area contributed by atoms with Crippen molar-refractivity contribution >= 4 is 23.4 Å². The zero-order valence-electron chi connectivity index (χ0n) is 15.5. The molecule has 1 amide bonds. The van der Waals surface area contributed by atoms with Gasteiger partial charge in [-0.1, -0.05) is 30.0 Å². The van der Waals surface area contributed by atoms with Gasteiger partial charge in [-0.15, -0.1) is 0 Å². The standard InChI is InChI=1S/C20H25N3O3S/c1-14-7-2-4-9-16(14)21-18(25)13-27-19-15-8-3-5-10-17(15)23(11-6-12-24)20(26)22-19/h2,4,7,9,24H,3,5-6,8,10-13H2,1H3,(H,21,25). The lowest BCUT2D eigenvalue weighted by Gasteiger charge is -2.22. The molecule has 6 nitrogen and oxygen atoms in total. The number of benzene rings is 1. The third kappa shape index (κ3) is 4.78. The maximum Gasteiger partial charge on any atom is 0.348 e. The first kappa shape index (κ1) is 19.6. The van der Waals surface area contributed by atoms with Gasteiger partial charge in [0.1, 0.15) is 5.03 Å². The van der Waals surface area contributed by atoms with Crippen molar-refractivity contribution in [1.29, 1.82) is 0 Å². The summed E-state index contributed by atoms with van der Waals surface area (Å²) in [5, 5.41) is 12.7. The molecule has 0 spiro atoms. The molecule has 1 aromatic carbocycles. The van der Waals surface area contributed by atoms with E-state index in [1.807, 2.05) is 31.2 Å². The number of nitrogens with one attached hydrogen (secondary N) is 1. The average molecular weight is 388 g/mol. The summed E-state index contributed by atoms with van der Waals surface area (Å²) in [7, 11) is 0. The SMILES string of the molecule is Cc1ccccc1NC(=O)CSc1nc(=O)n(CCCO)c2c1CCCC2. The Morgan fingerprint density at radius 3 is 2.85 bits per heavy atom. The lowest BCUT2D eigenvalue weighted by atomic mass is 9.97. The number of aryl methyl sites for hydroxylation is 1. The Morgan fingerprint density at radius 2 is 2.07 bits per heavy atom.